The van der Waals surface area contributed by atoms with E-state index >= 15 is 0 Å². The van der Waals surface area contributed by atoms with Gasteiger partial charge in [-0.15, -0.1) is 0 Å². The maximum absolute atomic E-state index is 4.75. The molecule has 0 radical (unpaired) electrons. The van der Waals surface area contributed by atoms with Crippen LogP contribution in [0.3, 0.4) is 0 Å². The number of piperidine rings is 1. The number of hydrogen-bond acceptors (Lipinski definition) is 5. The lowest BCUT2D eigenvalue weighted by atomic mass is 9.99. The summed E-state index contributed by atoms with van der Waals surface area (Å²) in [5.74, 6) is 1.55. The van der Waals surface area contributed by atoms with Gasteiger partial charge in [0.1, 0.15) is 0 Å². The molecule has 1 saturated heterocycles. The minimum absolute atomic E-state index is 0.764. The molecule has 1 N–H and O–H groups in total. The minimum Gasteiger partial charge on any atom is -0.343 e. The van der Waals surface area contributed by atoms with Crippen LogP contribution in [0.5, 0.6) is 0 Å². The number of aromatic nitrogens is 2. The first-order valence-corrected chi connectivity index (χ1v) is 6.06. The third-order valence-corrected chi connectivity index (χ3v) is 3.13. The minimum atomic E-state index is 0.764. The van der Waals surface area contributed by atoms with Crippen molar-refractivity contribution in [2.24, 2.45) is 5.92 Å². The van der Waals surface area contributed by atoms with Crippen LogP contribution in [0.15, 0.2) is 10.9 Å². The van der Waals surface area contributed by atoms with Crippen LogP contribution >= 0.6 is 0 Å². The molecule has 5 heteroatoms. The van der Waals surface area contributed by atoms with Gasteiger partial charge in [0.15, 0.2) is 5.82 Å². The second-order valence-electron chi connectivity index (χ2n) is 4.39. The van der Waals surface area contributed by atoms with Gasteiger partial charge in [-0.25, -0.2) is 0 Å². The molecule has 2 heterocycles. The van der Waals surface area contributed by atoms with E-state index in [-0.39, 0.29) is 0 Å². The fourth-order valence-corrected chi connectivity index (χ4v) is 2.21. The number of nitrogens with zero attached hydrogens (tertiary/aromatic N) is 3. The quantitative estimate of drug-likeness (QED) is 0.805. The molecule has 1 aliphatic rings. The van der Waals surface area contributed by atoms with Gasteiger partial charge in [-0.3, -0.25) is 4.90 Å². The molecule has 5 nitrogen and oxygen atoms in total. The third kappa shape index (κ3) is 3.28. The van der Waals surface area contributed by atoms with Crippen LogP contribution in [0, 0.1) is 5.92 Å². The molecule has 0 saturated carbocycles. The van der Waals surface area contributed by atoms with Crippen molar-refractivity contribution in [3.63, 3.8) is 0 Å². The molecular formula is C11H20N4O. The lowest BCUT2D eigenvalue weighted by Crippen LogP contribution is -2.38. The molecule has 0 amide bonds. The lowest BCUT2D eigenvalue weighted by Gasteiger charge is -2.28. The van der Waals surface area contributed by atoms with Crippen LogP contribution < -0.4 is 5.32 Å². The summed E-state index contributed by atoms with van der Waals surface area (Å²) in [4.78, 5) is 6.44. The van der Waals surface area contributed by atoms with E-state index in [0.29, 0.717) is 0 Å². The Bertz CT molecular complexity index is 282. The highest BCUT2D eigenvalue weighted by atomic mass is 16.5. The summed E-state index contributed by atoms with van der Waals surface area (Å²) >= 11 is 0. The Morgan fingerprint density at radius 3 is 3.19 bits per heavy atom. The fourth-order valence-electron chi connectivity index (χ4n) is 2.21. The zero-order chi connectivity index (χ0) is 11.2. The second kappa shape index (κ2) is 5.96. The largest absolute Gasteiger partial charge is 0.343 e. The van der Waals surface area contributed by atoms with E-state index in [1.807, 2.05) is 0 Å². The van der Waals surface area contributed by atoms with Crippen LogP contribution in [0.25, 0.3) is 0 Å². The van der Waals surface area contributed by atoms with E-state index in [2.05, 4.69) is 27.3 Å². The Labute approximate surface area is 96.2 Å². The highest BCUT2D eigenvalue weighted by molar-refractivity contribution is 4.80. The van der Waals surface area contributed by atoms with Gasteiger partial charge >= 0.3 is 0 Å². The van der Waals surface area contributed by atoms with Gasteiger partial charge in [-0.2, -0.15) is 4.98 Å². The van der Waals surface area contributed by atoms with Gasteiger partial charge in [0.25, 0.3) is 0 Å². The Morgan fingerprint density at radius 1 is 1.62 bits per heavy atom. The van der Waals surface area contributed by atoms with Crippen LogP contribution in [0.2, 0.25) is 0 Å². The van der Waals surface area contributed by atoms with Crippen molar-refractivity contribution >= 4 is 0 Å². The van der Waals surface area contributed by atoms with E-state index in [9.17, 15) is 0 Å². The fraction of sp³-hybridized carbons (Fsp3) is 0.818. The Hall–Kier alpha value is -0.940. The SMILES string of the molecule is CCN(Cc1ncon1)CC1CCCNC1. The summed E-state index contributed by atoms with van der Waals surface area (Å²) in [6, 6.07) is 0. The first-order chi connectivity index (χ1) is 7.88. The highest BCUT2D eigenvalue weighted by Crippen LogP contribution is 2.12. The third-order valence-electron chi connectivity index (χ3n) is 3.13. The van der Waals surface area contributed by atoms with Crippen LogP contribution in [-0.4, -0.2) is 41.2 Å². The predicted octanol–water partition coefficient (Wildman–Crippen LogP) is 0.891. The molecule has 16 heavy (non-hydrogen) atoms. The number of rotatable bonds is 5. The van der Waals surface area contributed by atoms with Crippen molar-refractivity contribution in [2.45, 2.75) is 26.3 Å². The lowest BCUT2D eigenvalue weighted by molar-refractivity contribution is 0.203. The summed E-state index contributed by atoms with van der Waals surface area (Å²) in [5.41, 5.74) is 0. The summed E-state index contributed by atoms with van der Waals surface area (Å²) in [6.07, 6.45) is 4.02. The second-order valence-corrected chi connectivity index (χ2v) is 4.39. The monoisotopic (exact) mass is 224 g/mol. The molecule has 0 bridgehead atoms. The maximum Gasteiger partial charge on any atom is 0.213 e. The van der Waals surface area contributed by atoms with Gasteiger partial charge in [-0.1, -0.05) is 12.1 Å². The number of hydrogen-bond donors (Lipinski definition) is 1. The summed E-state index contributed by atoms with van der Waals surface area (Å²) in [7, 11) is 0. The van der Waals surface area contributed by atoms with Crippen LogP contribution in [-0.2, 0) is 6.54 Å². The molecule has 1 aromatic heterocycles. The zero-order valence-corrected chi connectivity index (χ0v) is 9.85. The van der Waals surface area contributed by atoms with E-state index < -0.39 is 0 Å². The standard InChI is InChI=1S/C11H20N4O/c1-2-15(8-11-13-9-16-14-11)7-10-4-3-5-12-6-10/h9-10,12H,2-8H2,1H3. The molecule has 1 atom stereocenters. The summed E-state index contributed by atoms with van der Waals surface area (Å²) in [5, 5.41) is 7.30. The highest BCUT2D eigenvalue weighted by Gasteiger charge is 2.17. The van der Waals surface area contributed by atoms with Gasteiger partial charge in [0.2, 0.25) is 6.39 Å². The molecular weight excluding hydrogens is 204 g/mol. The topological polar surface area (TPSA) is 54.2 Å². The zero-order valence-electron chi connectivity index (χ0n) is 9.85. The van der Waals surface area contributed by atoms with Crippen molar-refractivity contribution in [1.82, 2.24) is 20.4 Å². The molecule has 0 spiro atoms. The van der Waals surface area contributed by atoms with Gasteiger partial charge in [0.05, 0.1) is 6.54 Å². The van der Waals surface area contributed by atoms with Gasteiger partial charge in [0, 0.05) is 6.54 Å². The summed E-state index contributed by atoms with van der Waals surface area (Å²) < 4.78 is 4.75. The van der Waals surface area contributed by atoms with Crippen molar-refractivity contribution in [3.8, 4) is 0 Å². The average Bonchev–Trinajstić information content (AvgIpc) is 2.82. The molecule has 1 fully saturated rings. The molecule has 1 unspecified atom stereocenters. The first kappa shape index (κ1) is 11.5. The van der Waals surface area contributed by atoms with E-state index in [0.717, 1.165) is 37.9 Å². The number of nitrogens with one attached hydrogen (secondary N) is 1. The average molecular weight is 224 g/mol. The predicted molar refractivity (Wildman–Crippen MR) is 60.8 cm³/mol. The Morgan fingerprint density at radius 2 is 2.56 bits per heavy atom. The molecule has 1 aromatic rings. The molecule has 0 aromatic carbocycles. The van der Waals surface area contributed by atoms with E-state index in [4.69, 9.17) is 4.52 Å². The molecule has 90 valence electrons. The van der Waals surface area contributed by atoms with Crippen molar-refractivity contribution in [1.29, 1.82) is 0 Å². The first-order valence-electron chi connectivity index (χ1n) is 6.06. The molecule has 1 aliphatic heterocycles. The van der Waals surface area contributed by atoms with E-state index in [1.165, 1.54) is 25.8 Å². The maximum atomic E-state index is 4.75. The Kier molecular flexibility index (Phi) is 4.30. The van der Waals surface area contributed by atoms with E-state index in [1.54, 1.807) is 0 Å². The van der Waals surface area contributed by atoms with Crippen LogP contribution in [0.1, 0.15) is 25.6 Å². The van der Waals surface area contributed by atoms with Gasteiger partial charge < -0.3 is 9.84 Å². The van der Waals surface area contributed by atoms with Crippen molar-refractivity contribution in [3.05, 3.63) is 12.2 Å². The smallest absolute Gasteiger partial charge is 0.213 e. The molecule has 0 aliphatic carbocycles. The van der Waals surface area contributed by atoms with Crippen LogP contribution in [0.4, 0.5) is 0 Å². The molecule has 2 rings (SSSR count). The summed E-state index contributed by atoms with van der Waals surface area (Å²) in [6.45, 7) is 7.44. The normalized spacial score (nSPS) is 21.5. The van der Waals surface area contributed by atoms with Gasteiger partial charge in [-0.05, 0) is 38.4 Å². The Balaban J connectivity index is 1.80. The van der Waals surface area contributed by atoms with Crippen molar-refractivity contribution in [2.75, 3.05) is 26.2 Å². The van der Waals surface area contributed by atoms with Crippen molar-refractivity contribution < 1.29 is 4.52 Å².